The van der Waals surface area contributed by atoms with Crippen molar-refractivity contribution in [2.24, 2.45) is 0 Å². The number of nitrogens with zero attached hydrogens (tertiary/aromatic N) is 2. The maximum atomic E-state index is 11.5. The van der Waals surface area contributed by atoms with Crippen molar-refractivity contribution in [1.82, 2.24) is 4.90 Å². The zero-order valence-corrected chi connectivity index (χ0v) is 12.4. The molecule has 1 heterocycles. The molecule has 1 aromatic carbocycles. The van der Waals surface area contributed by atoms with Crippen LogP contribution in [0.15, 0.2) is 24.3 Å². The highest BCUT2D eigenvalue weighted by atomic mass is 35.5. The molecular formula is C15H21ClN2O. The van der Waals surface area contributed by atoms with Crippen molar-refractivity contribution >= 4 is 23.2 Å². The Kier molecular flexibility index (Phi) is 4.70. The van der Waals surface area contributed by atoms with E-state index in [1.807, 2.05) is 19.0 Å². The van der Waals surface area contributed by atoms with E-state index in [2.05, 4.69) is 29.2 Å². The van der Waals surface area contributed by atoms with Crippen molar-refractivity contribution in [2.75, 3.05) is 38.0 Å². The summed E-state index contributed by atoms with van der Waals surface area (Å²) in [6.07, 6.45) is 2.06. The largest absolute Gasteiger partial charge is 0.378 e. The van der Waals surface area contributed by atoms with Crippen LogP contribution in [0.1, 0.15) is 24.3 Å². The number of amides is 1. The van der Waals surface area contributed by atoms with Gasteiger partial charge in [-0.05, 0) is 36.5 Å². The molecule has 1 amide bonds. The van der Waals surface area contributed by atoms with Crippen molar-refractivity contribution < 1.29 is 4.79 Å². The molecular weight excluding hydrogens is 260 g/mol. The van der Waals surface area contributed by atoms with Crippen LogP contribution in [-0.2, 0) is 4.79 Å². The van der Waals surface area contributed by atoms with Crippen molar-refractivity contribution in [1.29, 1.82) is 0 Å². The lowest BCUT2D eigenvalue weighted by atomic mass is 9.89. The lowest BCUT2D eigenvalue weighted by Gasteiger charge is -2.32. The molecule has 0 aromatic heterocycles. The van der Waals surface area contributed by atoms with Crippen LogP contribution in [0.4, 0.5) is 5.69 Å². The van der Waals surface area contributed by atoms with Gasteiger partial charge in [-0.2, -0.15) is 0 Å². The summed E-state index contributed by atoms with van der Waals surface area (Å²) in [6.45, 7) is 1.65. The second-order valence-electron chi connectivity index (χ2n) is 5.27. The fraction of sp³-hybridized carbons (Fsp3) is 0.533. The highest BCUT2D eigenvalue weighted by molar-refractivity contribution is 6.27. The molecule has 2 rings (SSSR count). The number of rotatable bonds is 3. The molecule has 0 atom stereocenters. The first-order chi connectivity index (χ1) is 9.11. The molecule has 1 aliphatic rings. The minimum absolute atomic E-state index is 0.0584. The van der Waals surface area contributed by atoms with Gasteiger partial charge in [-0.25, -0.2) is 0 Å². The molecule has 0 aliphatic carbocycles. The Balaban J connectivity index is 1.96. The smallest absolute Gasteiger partial charge is 0.237 e. The Bertz CT molecular complexity index is 422. The predicted octanol–water partition coefficient (Wildman–Crippen LogP) is 2.70. The van der Waals surface area contributed by atoms with E-state index in [0.29, 0.717) is 5.92 Å². The summed E-state index contributed by atoms with van der Waals surface area (Å²) >= 11 is 5.59. The molecule has 1 aliphatic heterocycles. The molecule has 0 bridgehead atoms. The molecule has 0 N–H and O–H groups in total. The Morgan fingerprint density at radius 2 is 1.84 bits per heavy atom. The Morgan fingerprint density at radius 3 is 2.32 bits per heavy atom. The third kappa shape index (κ3) is 3.41. The molecule has 0 radical (unpaired) electrons. The van der Waals surface area contributed by atoms with Crippen LogP contribution in [0.3, 0.4) is 0 Å². The number of carbonyl (C=O) groups excluding carboxylic acids is 1. The maximum Gasteiger partial charge on any atom is 0.237 e. The third-order valence-electron chi connectivity index (χ3n) is 3.84. The third-order valence-corrected chi connectivity index (χ3v) is 4.07. The molecule has 0 unspecified atom stereocenters. The van der Waals surface area contributed by atoms with Crippen molar-refractivity contribution in [2.45, 2.75) is 18.8 Å². The second-order valence-corrected chi connectivity index (χ2v) is 5.54. The second kappa shape index (κ2) is 6.29. The Morgan fingerprint density at radius 1 is 1.26 bits per heavy atom. The minimum atomic E-state index is 0.0584. The lowest BCUT2D eigenvalue weighted by Crippen LogP contribution is -2.38. The number of alkyl halides is 1. The first-order valence-corrected chi connectivity index (χ1v) is 7.26. The standard InChI is InChI=1S/C15H21ClN2O/c1-17(2)14-5-3-12(4-6-14)13-7-9-18(10-8-13)15(19)11-16/h3-6,13H,7-11H2,1-2H3. The van der Waals surface area contributed by atoms with Gasteiger partial charge in [-0.1, -0.05) is 12.1 Å². The quantitative estimate of drug-likeness (QED) is 0.795. The molecule has 1 saturated heterocycles. The molecule has 4 heteroatoms. The van der Waals surface area contributed by atoms with E-state index < -0.39 is 0 Å². The van der Waals surface area contributed by atoms with E-state index in [9.17, 15) is 4.79 Å². The van der Waals surface area contributed by atoms with Crippen LogP contribution in [0.5, 0.6) is 0 Å². The van der Waals surface area contributed by atoms with Crippen molar-refractivity contribution in [3.05, 3.63) is 29.8 Å². The highest BCUT2D eigenvalue weighted by Crippen LogP contribution is 2.29. The fourth-order valence-electron chi connectivity index (χ4n) is 2.59. The van der Waals surface area contributed by atoms with E-state index in [4.69, 9.17) is 11.6 Å². The van der Waals surface area contributed by atoms with E-state index >= 15 is 0 Å². The summed E-state index contributed by atoms with van der Waals surface area (Å²) in [5.74, 6) is 0.723. The SMILES string of the molecule is CN(C)c1ccc(C2CCN(C(=O)CCl)CC2)cc1. The van der Waals surface area contributed by atoms with Crippen LogP contribution in [0.2, 0.25) is 0 Å². The monoisotopic (exact) mass is 280 g/mol. The van der Waals surface area contributed by atoms with Crippen LogP contribution in [0, 0.1) is 0 Å². The Labute approximate surface area is 120 Å². The number of hydrogen-bond acceptors (Lipinski definition) is 2. The van der Waals surface area contributed by atoms with Gasteiger partial charge < -0.3 is 9.80 Å². The van der Waals surface area contributed by atoms with Crippen LogP contribution in [-0.4, -0.2) is 43.9 Å². The summed E-state index contributed by atoms with van der Waals surface area (Å²) in [4.78, 5) is 15.5. The van der Waals surface area contributed by atoms with Gasteiger partial charge in [-0.15, -0.1) is 11.6 Å². The number of carbonyl (C=O) groups is 1. The molecule has 104 valence electrons. The number of benzene rings is 1. The highest BCUT2D eigenvalue weighted by Gasteiger charge is 2.23. The minimum Gasteiger partial charge on any atom is -0.378 e. The van der Waals surface area contributed by atoms with Crippen LogP contribution < -0.4 is 4.90 Å². The first-order valence-electron chi connectivity index (χ1n) is 6.73. The fourth-order valence-corrected chi connectivity index (χ4v) is 2.76. The lowest BCUT2D eigenvalue weighted by molar-refractivity contribution is -0.129. The number of halogens is 1. The molecule has 3 nitrogen and oxygen atoms in total. The molecule has 0 saturated carbocycles. The zero-order chi connectivity index (χ0) is 13.8. The van der Waals surface area contributed by atoms with E-state index in [-0.39, 0.29) is 11.8 Å². The summed E-state index contributed by atoms with van der Waals surface area (Å²) in [6, 6.07) is 8.73. The molecule has 0 spiro atoms. The van der Waals surface area contributed by atoms with Gasteiger partial charge in [0.2, 0.25) is 5.91 Å². The van der Waals surface area contributed by atoms with E-state index in [1.54, 1.807) is 0 Å². The predicted molar refractivity (Wildman–Crippen MR) is 80.0 cm³/mol. The van der Waals surface area contributed by atoms with Crippen LogP contribution >= 0.6 is 11.6 Å². The number of hydrogen-bond donors (Lipinski definition) is 0. The molecule has 19 heavy (non-hydrogen) atoms. The first kappa shape index (κ1) is 14.2. The Hall–Kier alpha value is -1.22. The van der Waals surface area contributed by atoms with Gasteiger partial charge in [0.25, 0.3) is 0 Å². The topological polar surface area (TPSA) is 23.6 Å². The van der Waals surface area contributed by atoms with Crippen LogP contribution in [0.25, 0.3) is 0 Å². The number of anilines is 1. The van der Waals surface area contributed by atoms with Gasteiger partial charge >= 0.3 is 0 Å². The van der Waals surface area contributed by atoms with Crippen molar-refractivity contribution in [3.63, 3.8) is 0 Å². The number of likely N-dealkylation sites (tertiary alicyclic amines) is 1. The van der Waals surface area contributed by atoms with Gasteiger partial charge in [0.1, 0.15) is 5.88 Å². The van der Waals surface area contributed by atoms with Gasteiger partial charge in [0.05, 0.1) is 0 Å². The maximum absolute atomic E-state index is 11.5. The summed E-state index contributed by atoms with van der Waals surface area (Å²) in [7, 11) is 4.09. The number of piperidine rings is 1. The van der Waals surface area contributed by atoms with Gasteiger partial charge in [0.15, 0.2) is 0 Å². The van der Waals surface area contributed by atoms with E-state index in [1.165, 1.54) is 11.3 Å². The normalized spacial score (nSPS) is 16.5. The van der Waals surface area contributed by atoms with Gasteiger partial charge in [0, 0.05) is 32.9 Å². The average Bonchev–Trinajstić information content (AvgIpc) is 2.46. The summed E-state index contributed by atoms with van der Waals surface area (Å²) in [5, 5.41) is 0. The summed E-state index contributed by atoms with van der Waals surface area (Å²) in [5.41, 5.74) is 2.60. The molecule has 1 aromatic rings. The van der Waals surface area contributed by atoms with E-state index in [0.717, 1.165) is 25.9 Å². The average molecular weight is 281 g/mol. The zero-order valence-electron chi connectivity index (χ0n) is 11.6. The van der Waals surface area contributed by atoms with Gasteiger partial charge in [-0.3, -0.25) is 4.79 Å². The van der Waals surface area contributed by atoms with Crippen molar-refractivity contribution in [3.8, 4) is 0 Å². The molecule has 1 fully saturated rings. The summed E-state index contributed by atoms with van der Waals surface area (Å²) < 4.78 is 0.